The van der Waals surface area contributed by atoms with Crippen LogP contribution in [0.2, 0.25) is 0 Å². The van der Waals surface area contributed by atoms with Crippen LogP contribution < -0.4 is 5.32 Å². The standard InChI is InChI=1S/C11H15N3O3/c1-8(11(16)17)3-2-5-12-10(15)9-4-6-13-14-7-9/h4,6-8H,2-3,5H2,1H3,(H,12,15)(H,16,17). The smallest absolute Gasteiger partial charge is 0.306 e. The average molecular weight is 237 g/mol. The van der Waals surface area contributed by atoms with Crippen LogP contribution in [-0.4, -0.2) is 33.7 Å². The number of carboxylic acid groups (broad SMARTS) is 1. The number of nitrogens with one attached hydrogen (secondary N) is 1. The first-order chi connectivity index (χ1) is 8.11. The summed E-state index contributed by atoms with van der Waals surface area (Å²) in [5.74, 6) is -1.41. The number of rotatable bonds is 6. The van der Waals surface area contributed by atoms with Gasteiger partial charge in [0.15, 0.2) is 0 Å². The van der Waals surface area contributed by atoms with E-state index in [1.54, 1.807) is 13.0 Å². The van der Waals surface area contributed by atoms with Gasteiger partial charge in [-0.3, -0.25) is 9.59 Å². The molecular weight excluding hydrogens is 222 g/mol. The second-order valence-electron chi connectivity index (χ2n) is 3.77. The number of carboxylic acids is 1. The van der Waals surface area contributed by atoms with E-state index in [4.69, 9.17) is 5.11 Å². The van der Waals surface area contributed by atoms with E-state index in [0.29, 0.717) is 24.9 Å². The Kier molecular flexibility index (Phi) is 5.06. The maximum absolute atomic E-state index is 11.5. The number of aromatic nitrogens is 2. The van der Waals surface area contributed by atoms with Gasteiger partial charge in [-0.1, -0.05) is 6.92 Å². The molecule has 0 saturated heterocycles. The minimum Gasteiger partial charge on any atom is -0.481 e. The summed E-state index contributed by atoms with van der Waals surface area (Å²) < 4.78 is 0. The molecule has 1 rings (SSSR count). The van der Waals surface area contributed by atoms with Gasteiger partial charge in [-0.15, -0.1) is 0 Å². The molecule has 1 aromatic heterocycles. The van der Waals surface area contributed by atoms with Crippen LogP contribution in [0.4, 0.5) is 0 Å². The molecule has 92 valence electrons. The van der Waals surface area contributed by atoms with Gasteiger partial charge in [-0.25, -0.2) is 0 Å². The van der Waals surface area contributed by atoms with Crippen molar-refractivity contribution in [1.29, 1.82) is 0 Å². The molecule has 1 unspecified atom stereocenters. The third-order valence-corrected chi connectivity index (χ3v) is 2.37. The van der Waals surface area contributed by atoms with Crippen molar-refractivity contribution < 1.29 is 14.7 Å². The van der Waals surface area contributed by atoms with Crippen LogP contribution in [0.5, 0.6) is 0 Å². The maximum atomic E-state index is 11.5. The minimum atomic E-state index is -0.810. The highest BCUT2D eigenvalue weighted by Gasteiger charge is 2.10. The average Bonchev–Trinajstić information content (AvgIpc) is 2.35. The first-order valence-electron chi connectivity index (χ1n) is 5.39. The Morgan fingerprint density at radius 2 is 2.24 bits per heavy atom. The summed E-state index contributed by atoms with van der Waals surface area (Å²) in [6.07, 6.45) is 4.01. The third-order valence-electron chi connectivity index (χ3n) is 2.37. The van der Waals surface area contributed by atoms with Gasteiger partial charge in [0.05, 0.1) is 23.9 Å². The van der Waals surface area contributed by atoms with E-state index in [1.807, 2.05) is 0 Å². The number of amides is 1. The quantitative estimate of drug-likeness (QED) is 0.711. The molecule has 0 fully saturated rings. The topological polar surface area (TPSA) is 92.2 Å². The lowest BCUT2D eigenvalue weighted by Gasteiger charge is -2.07. The molecule has 6 nitrogen and oxygen atoms in total. The first-order valence-corrected chi connectivity index (χ1v) is 5.39. The van der Waals surface area contributed by atoms with Crippen molar-refractivity contribution in [2.45, 2.75) is 19.8 Å². The molecule has 2 N–H and O–H groups in total. The van der Waals surface area contributed by atoms with Crippen LogP contribution in [0.15, 0.2) is 18.5 Å². The summed E-state index contributed by atoms with van der Waals surface area (Å²) in [5, 5.41) is 18.5. The number of carbonyl (C=O) groups is 2. The number of nitrogens with zero attached hydrogens (tertiary/aromatic N) is 2. The van der Waals surface area contributed by atoms with Gasteiger partial charge in [0.25, 0.3) is 5.91 Å². The largest absolute Gasteiger partial charge is 0.481 e. The predicted octanol–water partition coefficient (Wildman–Crippen LogP) is 0.707. The molecule has 1 amide bonds. The molecule has 1 heterocycles. The van der Waals surface area contributed by atoms with E-state index in [0.717, 1.165) is 0 Å². The molecule has 0 spiro atoms. The van der Waals surface area contributed by atoms with Crippen LogP contribution in [0.25, 0.3) is 0 Å². The summed E-state index contributed by atoms with van der Waals surface area (Å²) in [4.78, 5) is 22.1. The summed E-state index contributed by atoms with van der Waals surface area (Å²) in [6.45, 7) is 2.11. The molecule has 0 aromatic carbocycles. The van der Waals surface area contributed by atoms with Gasteiger partial charge in [-0.2, -0.15) is 10.2 Å². The normalized spacial score (nSPS) is 11.8. The van der Waals surface area contributed by atoms with Gasteiger partial charge < -0.3 is 10.4 Å². The van der Waals surface area contributed by atoms with Crippen molar-refractivity contribution >= 4 is 11.9 Å². The highest BCUT2D eigenvalue weighted by Crippen LogP contribution is 2.04. The molecule has 0 saturated carbocycles. The maximum Gasteiger partial charge on any atom is 0.306 e. The molecule has 1 aromatic rings. The Morgan fingerprint density at radius 1 is 1.47 bits per heavy atom. The van der Waals surface area contributed by atoms with Crippen LogP contribution in [-0.2, 0) is 4.79 Å². The highest BCUT2D eigenvalue weighted by molar-refractivity contribution is 5.93. The fraction of sp³-hybridized carbons (Fsp3) is 0.455. The molecule has 6 heteroatoms. The fourth-order valence-electron chi connectivity index (χ4n) is 1.26. The van der Waals surface area contributed by atoms with Gasteiger partial charge in [0.2, 0.25) is 0 Å². The highest BCUT2D eigenvalue weighted by atomic mass is 16.4. The monoisotopic (exact) mass is 237 g/mol. The van der Waals surface area contributed by atoms with Crippen molar-refractivity contribution in [2.75, 3.05) is 6.54 Å². The summed E-state index contributed by atoms with van der Waals surface area (Å²) in [6, 6.07) is 1.57. The van der Waals surface area contributed by atoms with Crippen molar-refractivity contribution in [2.24, 2.45) is 5.92 Å². The van der Waals surface area contributed by atoms with E-state index in [2.05, 4.69) is 15.5 Å². The second-order valence-corrected chi connectivity index (χ2v) is 3.77. The fourth-order valence-corrected chi connectivity index (χ4v) is 1.26. The lowest BCUT2D eigenvalue weighted by Crippen LogP contribution is -2.25. The Balaban J connectivity index is 2.24. The zero-order chi connectivity index (χ0) is 12.7. The molecule has 0 bridgehead atoms. The Labute approximate surface area is 99.1 Å². The Morgan fingerprint density at radius 3 is 2.82 bits per heavy atom. The number of hydrogen-bond donors (Lipinski definition) is 2. The number of carbonyl (C=O) groups excluding carboxylic acids is 1. The van der Waals surface area contributed by atoms with E-state index in [-0.39, 0.29) is 11.8 Å². The molecular formula is C11H15N3O3. The van der Waals surface area contributed by atoms with Crippen molar-refractivity contribution in [1.82, 2.24) is 15.5 Å². The lowest BCUT2D eigenvalue weighted by atomic mass is 10.1. The SMILES string of the molecule is CC(CCCNC(=O)c1ccnnc1)C(=O)O. The lowest BCUT2D eigenvalue weighted by molar-refractivity contribution is -0.141. The van der Waals surface area contributed by atoms with Crippen LogP contribution in [0.1, 0.15) is 30.1 Å². The Hall–Kier alpha value is -1.98. The molecule has 0 radical (unpaired) electrons. The predicted molar refractivity (Wildman–Crippen MR) is 60.4 cm³/mol. The van der Waals surface area contributed by atoms with Gasteiger partial charge in [0.1, 0.15) is 0 Å². The van der Waals surface area contributed by atoms with Gasteiger partial charge in [-0.05, 0) is 18.9 Å². The molecule has 0 aliphatic rings. The van der Waals surface area contributed by atoms with Crippen molar-refractivity contribution in [3.05, 3.63) is 24.0 Å². The van der Waals surface area contributed by atoms with Crippen LogP contribution >= 0.6 is 0 Å². The second kappa shape index (κ2) is 6.57. The summed E-state index contributed by atoms with van der Waals surface area (Å²) >= 11 is 0. The van der Waals surface area contributed by atoms with Crippen LogP contribution in [0.3, 0.4) is 0 Å². The van der Waals surface area contributed by atoms with Crippen molar-refractivity contribution in [3.63, 3.8) is 0 Å². The Bertz CT molecular complexity index is 381. The van der Waals surface area contributed by atoms with Gasteiger partial charge >= 0.3 is 5.97 Å². The van der Waals surface area contributed by atoms with E-state index < -0.39 is 5.97 Å². The summed E-state index contributed by atoms with van der Waals surface area (Å²) in [7, 11) is 0. The summed E-state index contributed by atoms with van der Waals surface area (Å²) in [5.41, 5.74) is 0.450. The third kappa shape index (κ3) is 4.58. The zero-order valence-corrected chi connectivity index (χ0v) is 9.59. The minimum absolute atomic E-state index is 0.220. The van der Waals surface area contributed by atoms with Crippen molar-refractivity contribution in [3.8, 4) is 0 Å². The van der Waals surface area contributed by atoms with E-state index in [9.17, 15) is 9.59 Å². The van der Waals surface area contributed by atoms with Crippen LogP contribution in [0, 0.1) is 5.92 Å². The zero-order valence-electron chi connectivity index (χ0n) is 9.59. The van der Waals surface area contributed by atoms with E-state index >= 15 is 0 Å². The van der Waals surface area contributed by atoms with Gasteiger partial charge in [0, 0.05) is 6.54 Å². The first kappa shape index (κ1) is 13.1. The molecule has 0 aliphatic carbocycles. The number of hydrogen-bond acceptors (Lipinski definition) is 4. The molecule has 1 atom stereocenters. The number of aliphatic carboxylic acids is 1. The van der Waals surface area contributed by atoms with E-state index in [1.165, 1.54) is 12.4 Å². The molecule has 17 heavy (non-hydrogen) atoms. The molecule has 0 aliphatic heterocycles.